The van der Waals surface area contributed by atoms with E-state index in [1.165, 1.54) is 17.8 Å². The number of nitrogens with one attached hydrogen (secondary N) is 2. The molecule has 5 aromatic rings. The van der Waals surface area contributed by atoms with Crippen LogP contribution < -0.4 is 15.5 Å². The maximum absolute atomic E-state index is 13.4. The lowest BCUT2D eigenvalue weighted by Crippen LogP contribution is -2.43. The zero-order chi connectivity index (χ0) is 25.7. The summed E-state index contributed by atoms with van der Waals surface area (Å²) < 4.78 is 15.2. The van der Waals surface area contributed by atoms with Gasteiger partial charge in [0.1, 0.15) is 11.5 Å². The fraction of sp³-hybridized carbons (Fsp3) is 0.172. The van der Waals surface area contributed by atoms with Gasteiger partial charge in [0.15, 0.2) is 0 Å². The van der Waals surface area contributed by atoms with Crippen molar-refractivity contribution in [2.75, 3.05) is 36.4 Å². The molecule has 1 aliphatic rings. The van der Waals surface area contributed by atoms with Gasteiger partial charge in [-0.05, 0) is 60.2 Å². The first-order valence-corrected chi connectivity index (χ1v) is 12.6. The minimum atomic E-state index is -0.259. The molecule has 8 nitrogen and oxygen atoms in total. The van der Waals surface area contributed by atoms with Crippen LogP contribution in [0.15, 0.2) is 91.5 Å². The Morgan fingerprint density at radius 1 is 0.921 bits per heavy atom. The van der Waals surface area contributed by atoms with E-state index < -0.39 is 0 Å². The first-order chi connectivity index (χ1) is 18.7. The maximum atomic E-state index is 13.4. The lowest BCUT2D eigenvalue weighted by Gasteiger charge is -2.29. The summed E-state index contributed by atoms with van der Waals surface area (Å²) in [5.41, 5.74) is 6.33. The number of pyridine rings is 1. The molecule has 1 saturated heterocycles. The predicted molar refractivity (Wildman–Crippen MR) is 147 cm³/mol. The molecule has 0 bridgehead atoms. The van der Waals surface area contributed by atoms with Crippen LogP contribution in [0.1, 0.15) is 5.56 Å². The van der Waals surface area contributed by atoms with Crippen LogP contribution in [0, 0.1) is 5.82 Å². The molecule has 6 rings (SSSR count). The van der Waals surface area contributed by atoms with E-state index in [9.17, 15) is 4.39 Å². The van der Waals surface area contributed by atoms with Crippen LogP contribution in [0.25, 0.3) is 22.5 Å². The maximum Gasteiger partial charge on any atom is 0.227 e. The second-order valence-corrected chi connectivity index (χ2v) is 9.13. The fourth-order valence-corrected chi connectivity index (χ4v) is 4.56. The van der Waals surface area contributed by atoms with Crippen molar-refractivity contribution in [2.24, 2.45) is 0 Å². The van der Waals surface area contributed by atoms with Gasteiger partial charge in [-0.1, -0.05) is 12.1 Å². The second kappa shape index (κ2) is 10.8. The van der Waals surface area contributed by atoms with Crippen LogP contribution in [0.3, 0.4) is 0 Å². The third-order valence-electron chi connectivity index (χ3n) is 6.49. The number of rotatable bonds is 7. The average Bonchev–Trinajstić information content (AvgIpc) is 3.40. The first-order valence-electron chi connectivity index (χ1n) is 12.6. The molecule has 0 aliphatic carbocycles. The molecule has 0 amide bonds. The fourth-order valence-electron chi connectivity index (χ4n) is 4.56. The van der Waals surface area contributed by atoms with Gasteiger partial charge >= 0.3 is 0 Å². The van der Waals surface area contributed by atoms with Crippen molar-refractivity contribution >= 4 is 17.3 Å². The van der Waals surface area contributed by atoms with Gasteiger partial charge in [0.05, 0.1) is 12.2 Å². The molecule has 0 atom stereocenters. The van der Waals surface area contributed by atoms with Crippen LogP contribution in [-0.4, -0.2) is 50.9 Å². The van der Waals surface area contributed by atoms with E-state index in [2.05, 4.69) is 49.8 Å². The summed E-state index contributed by atoms with van der Waals surface area (Å²) in [5.74, 6) is 0.242. The van der Waals surface area contributed by atoms with Crippen LogP contribution in [0.2, 0.25) is 0 Å². The minimum absolute atomic E-state index is 0.259. The van der Waals surface area contributed by atoms with Crippen LogP contribution >= 0.6 is 0 Å². The van der Waals surface area contributed by atoms with E-state index in [1.807, 2.05) is 29.1 Å². The molecule has 1 fully saturated rings. The highest BCUT2D eigenvalue weighted by molar-refractivity contribution is 5.78. The number of aromatic nitrogens is 5. The molecule has 2 N–H and O–H groups in total. The highest BCUT2D eigenvalue weighted by Gasteiger charge is 2.16. The molecular weight excluding hydrogens is 479 g/mol. The Labute approximate surface area is 220 Å². The Balaban J connectivity index is 1.27. The van der Waals surface area contributed by atoms with Crippen molar-refractivity contribution in [3.05, 3.63) is 103 Å². The Bertz CT molecular complexity index is 1490. The van der Waals surface area contributed by atoms with Crippen LogP contribution in [0.4, 0.5) is 21.7 Å². The Kier molecular flexibility index (Phi) is 6.73. The normalized spacial score (nSPS) is 13.4. The summed E-state index contributed by atoms with van der Waals surface area (Å²) in [5, 5.41) is 11.5. The molecule has 0 spiro atoms. The summed E-state index contributed by atoms with van der Waals surface area (Å²) in [7, 11) is 0. The summed E-state index contributed by atoms with van der Waals surface area (Å²) in [4.78, 5) is 15.9. The van der Waals surface area contributed by atoms with Crippen molar-refractivity contribution < 1.29 is 4.39 Å². The van der Waals surface area contributed by atoms with Gasteiger partial charge in [-0.15, -0.1) is 0 Å². The number of piperazine rings is 1. The zero-order valence-corrected chi connectivity index (χ0v) is 20.8. The Morgan fingerprint density at radius 3 is 2.50 bits per heavy atom. The standard InChI is InChI=1S/C29H27FN8/c30-23-5-3-21(4-6-23)19-38-20-26(28(36-38)22-2-1-12-32-18-22)27-11-13-33-29(35-27)34-24-7-9-25(10-8-24)37-16-14-31-15-17-37/h1-13,18,20,31H,14-17,19H2,(H,33,34,35). The molecule has 3 aromatic heterocycles. The lowest BCUT2D eigenvalue weighted by atomic mass is 10.1. The van der Waals surface area contributed by atoms with Gasteiger partial charge in [-0.3, -0.25) is 9.67 Å². The molecule has 9 heteroatoms. The number of hydrogen-bond donors (Lipinski definition) is 2. The molecule has 0 unspecified atom stereocenters. The van der Waals surface area contributed by atoms with E-state index >= 15 is 0 Å². The van der Waals surface area contributed by atoms with Crippen molar-refractivity contribution in [2.45, 2.75) is 6.54 Å². The first kappa shape index (κ1) is 23.7. The van der Waals surface area contributed by atoms with E-state index in [4.69, 9.17) is 10.1 Å². The van der Waals surface area contributed by atoms with Gasteiger partial charge in [0.2, 0.25) is 5.95 Å². The van der Waals surface area contributed by atoms with Crippen molar-refractivity contribution in [1.82, 2.24) is 30.0 Å². The second-order valence-electron chi connectivity index (χ2n) is 9.13. The highest BCUT2D eigenvalue weighted by atomic mass is 19.1. The number of anilines is 3. The van der Waals surface area contributed by atoms with E-state index in [1.54, 1.807) is 30.7 Å². The largest absolute Gasteiger partial charge is 0.369 e. The van der Waals surface area contributed by atoms with Crippen molar-refractivity contribution in [3.8, 4) is 22.5 Å². The molecule has 4 heterocycles. The summed E-state index contributed by atoms with van der Waals surface area (Å²) in [6.45, 7) is 4.52. The number of hydrogen-bond acceptors (Lipinski definition) is 7. The summed E-state index contributed by atoms with van der Waals surface area (Å²) >= 11 is 0. The summed E-state index contributed by atoms with van der Waals surface area (Å²) in [6.07, 6.45) is 7.22. The molecule has 38 heavy (non-hydrogen) atoms. The number of benzene rings is 2. The average molecular weight is 507 g/mol. The third-order valence-corrected chi connectivity index (χ3v) is 6.49. The Morgan fingerprint density at radius 2 is 1.74 bits per heavy atom. The molecular formula is C29H27FN8. The van der Waals surface area contributed by atoms with Crippen molar-refractivity contribution in [1.29, 1.82) is 0 Å². The van der Waals surface area contributed by atoms with Crippen molar-refractivity contribution in [3.63, 3.8) is 0 Å². The van der Waals surface area contributed by atoms with Gasteiger partial charge in [0, 0.05) is 73.5 Å². The van der Waals surface area contributed by atoms with Gasteiger partial charge < -0.3 is 15.5 Å². The third kappa shape index (κ3) is 5.37. The van der Waals surface area contributed by atoms with Crippen LogP contribution in [-0.2, 0) is 6.54 Å². The SMILES string of the molecule is Fc1ccc(Cn2cc(-c3ccnc(Nc4ccc(N5CCNCC5)cc4)n3)c(-c3cccnc3)n2)cc1. The smallest absolute Gasteiger partial charge is 0.227 e. The molecule has 1 aliphatic heterocycles. The van der Waals surface area contributed by atoms with E-state index in [0.29, 0.717) is 12.5 Å². The highest BCUT2D eigenvalue weighted by Crippen LogP contribution is 2.30. The van der Waals surface area contributed by atoms with E-state index in [0.717, 1.165) is 59.9 Å². The van der Waals surface area contributed by atoms with Gasteiger partial charge in [0.25, 0.3) is 0 Å². The van der Waals surface area contributed by atoms with Gasteiger partial charge in [-0.2, -0.15) is 5.10 Å². The minimum Gasteiger partial charge on any atom is -0.369 e. The lowest BCUT2D eigenvalue weighted by molar-refractivity contribution is 0.589. The van der Waals surface area contributed by atoms with Gasteiger partial charge in [-0.25, -0.2) is 14.4 Å². The molecule has 2 aromatic carbocycles. The molecule has 0 saturated carbocycles. The quantitative estimate of drug-likeness (QED) is 0.330. The number of halogens is 1. The zero-order valence-electron chi connectivity index (χ0n) is 20.8. The Hall–Kier alpha value is -4.63. The summed E-state index contributed by atoms with van der Waals surface area (Å²) in [6, 6.07) is 20.5. The monoisotopic (exact) mass is 506 g/mol. The van der Waals surface area contributed by atoms with E-state index in [-0.39, 0.29) is 5.82 Å². The molecule has 0 radical (unpaired) electrons. The molecule has 190 valence electrons. The number of nitrogens with zero attached hydrogens (tertiary/aromatic N) is 6. The van der Waals surface area contributed by atoms with Crippen LogP contribution in [0.5, 0.6) is 0 Å². The predicted octanol–water partition coefficient (Wildman–Crippen LogP) is 4.74. The topological polar surface area (TPSA) is 83.8 Å².